The highest BCUT2D eigenvalue weighted by Crippen LogP contribution is 2.33. The van der Waals surface area contributed by atoms with Crippen molar-refractivity contribution in [2.75, 3.05) is 32.1 Å². The summed E-state index contributed by atoms with van der Waals surface area (Å²) < 4.78 is 6.38. The largest absolute Gasteiger partial charge is 0.355 e. The molecule has 9 heteroatoms. The number of thiazole rings is 1. The van der Waals surface area contributed by atoms with Crippen LogP contribution in [0.5, 0.6) is 0 Å². The van der Waals surface area contributed by atoms with Crippen LogP contribution in [-0.4, -0.2) is 48.1 Å². The highest BCUT2D eigenvalue weighted by molar-refractivity contribution is 7.22. The second-order valence-corrected chi connectivity index (χ2v) is 8.71. The average Bonchev–Trinajstić information content (AvgIpc) is 3.36. The number of amides is 1. The van der Waals surface area contributed by atoms with Gasteiger partial charge >= 0.3 is 0 Å². The number of fused-ring (bicyclic) bond motifs is 1. The molecule has 162 valence electrons. The first-order chi connectivity index (χ1) is 14.4. The quantitative estimate of drug-likeness (QED) is 0.365. The Bertz CT molecular complexity index is 1190. The van der Waals surface area contributed by atoms with Crippen molar-refractivity contribution in [1.82, 2.24) is 15.0 Å². The number of carbonyl (C=O) groups excluding carboxylic acids is 1. The molecular formula is C22H22Cl2N4O2S. The molecule has 2 aromatic carbocycles. The van der Waals surface area contributed by atoms with Gasteiger partial charge in [-0.1, -0.05) is 58.4 Å². The summed E-state index contributed by atoms with van der Waals surface area (Å²) in [7, 11) is 3.93. The average molecular weight is 477 g/mol. The number of aromatic nitrogens is 2. The van der Waals surface area contributed by atoms with E-state index >= 15 is 0 Å². The van der Waals surface area contributed by atoms with Gasteiger partial charge in [0.1, 0.15) is 0 Å². The molecule has 2 heterocycles. The minimum absolute atomic E-state index is 0. The Hall–Kier alpha value is -2.45. The van der Waals surface area contributed by atoms with Crippen molar-refractivity contribution >= 4 is 56.6 Å². The van der Waals surface area contributed by atoms with Gasteiger partial charge in [-0.25, -0.2) is 4.98 Å². The van der Waals surface area contributed by atoms with E-state index < -0.39 is 0 Å². The molecule has 6 nitrogen and oxygen atoms in total. The predicted octanol–water partition coefficient (Wildman–Crippen LogP) is 5.54. The molecule has 4 aromatic rings. The molecule has 31 heavy (non-hydrogen) atoms. The number of aryl methyl sites for hydroxylation is 1. The Morgan fingerprint density at radius 1 is 1.13 bits per heavy atom. The second-order valence-electron chi connectivity index (χ2n) is 7.27. The van der Waals surface area contributed by atoms with E-state index in [1.807, 2.05) is 68.4 Å². The van der Waals surface area contributed by atoms with E-state index in [0.29, 0.717) is 29.0 Å². The van der Waals surface area contributed by atoms with E-state index in [-0.39, 0.29) is 24.0 Å². The van der Waals surface area contributed by atoms with Crippen molar-refractivity contribution in [3.05, 3.63) is 64.8 Å². The third-order valence-corrected chi connectivity index (χ3v) is 5.92. The summed E-state index contributed by atoms with van der Waals surface area (Å²) in [6.07, 6.45) is 0. The summed E-state index contributed by atoms with van der Waals surface area (Å²) >= 11 is 7.65. The fourth-order valence-electron chi connectivity index (χ4n) is 3.09. The lowest BCUT2D eigenvalue weighted by molar-refractivity contribution is 0.0976. The van der Waals surface area contributed by atoms with Crippen molar-refractivity contribution in [2.24, 2.45) is 0 Å². The van der Waals surface area contributed by atoms with Gasteiger partial charge in [-0.2, -0.15) is 0 Å². The molecular weight excluding hydrogens is 455 g/mol. The highest BCUT2D eigenvalue weighted by Gasteiger charge is 2.25. The molecule has 0 bridgehead atoms. The molecule has 2 aromatic heterocycles. The SMILES string of the molecule is Cc1cc(Cl)cc2sc(N(CCN(C)C)C(=O)c3cc(-c4ccccc4)on3)nc12.Cl. The van der Waals surface area contributed by atoms with Crippen molar-refractivity contribution in [1.29, 1.82) is 0 Å². The zero-order valence-electron chi connectivity index (χ0n) is 17.3. The molecule has 0 atom stereocenters. The number of benzene rings is 2. The molecule has 1 amide bonds. The maximum atomic E-state index is 13.4. The van der Waals surface area contributed by atoms with Crippen LogP contribution in [0.2, 0.25) is 5.02 Å². The van der Waals surface area contributed by atoms with Gasteiger partial charge in [-0.15, -0.1) is 12.4 Å². The Labute approximate surface area is 195 Å². The minimum Gasteiger partial charge on any atom is -0.355 e. The fourth-order valence-corrected chi connectivity index (χ4v) is 4.54. The fraction of sp³-hybridized carbons (Fsp3) is 0.227. The maximum absolute atomic E-state index is 13.4. The Balaban J connectivity index is 0.00000272. The lowest BCUT2D eigenvalue weighted by atomic mass is 10.1. The first kappa shape index (κ1) is 23.2. The van der Waals surface area contributed by atoms with Crippen molar-refractivity contribution < 1.29 is 9.32 Å². The van der Waals surface area contributed by atoms with Gasteiger partial charge in [0, 0.05) is 29.7 Å². The predicted molar refractivity (Wildman–Crippen MR) is 129 cm³/mol. The van der Waals surface area contributed by atoms with Crippen molar-refractivity contribution in [3.8, 4) is 11.3 Å². The number of hydrogen-bond acceptors (Lipinski definition) is 6. The normalized spacial score (nSPS) is 11.0. The van der Waals surface area contributed by atoms with Crippen molar-refractivity contribution in [3.63, 3.8) is 0 Å². The smallest absolute Gasteiger partial charge is 0.282 e. The molecule has 0 fully saturated rings. The van der Waals surface area contributed by atoms with Crippen LogP contribution >= 0.6 is 35.3 Å². The van der Waals surface area contributed by atoms with Crippen LogP contribution in [0.15, 0.2) is 53.1 Å². The van der Waals surface area contributed by atoms with Crippen LogP contribution in [0.3, 0.4) is 0 Å². The summed E-state index contributed by atoms with van der Waals surface area (Å²) in [6.45, 7) is 3.13. The molecule has 0 aliphatic carbocycles. The molecule has 0 radical (unpaired) electrons. The maximum Gasteiger partial charge on any atom is 0.282 e. The molecule has 0 N–H and O–H groups in total. The van der Waals surface area contributed by atoms with Gasteiger partial charge in [0.25, 0.3) is 5.91 Å². The minimum atomic E-state index is -0.245. The van der Waals surface area contributed by atoms with Gasteiger partial charge in [0.15, 0.2) is 16.6 Å². The van der Waals surface area contributed by atoms with Crippen molar-refractivity contribution in [2.45, 2.75) is 6.92 Å². The van der Waals surface area contributed by atoms with Crippen LogP contribution in [0.4, 0.5) is 5.13 Å². The van der Waals surface area contributed by atoms with Crippen LogP contribution < -0.4 is 4.90 Å². The van der Waals surface area contributed by atoms with Crippen LogP contribution in [0.25, 0.3) is 21.5 Å². The summed E-state index contributed by atoms with van der Waals surface area (Å²) in [4.78, 5) is 21.8. The Morgan fingerprint density at radius 3 is 2.58 bits per heavy atom. The van der Waals surface area contributed by atoms with Gasteiger partial charge in [-0.05, 0) is 38.7 Å². The second kappa shape index (κ2) is 9.78. The lowest BCUT2D eigenvalue weighted by Gasteiger charge is -2.20. The van der Waals surface area contributed by atoms with E-state index in [0.717, 1.165) is 21.3 Å². The first-order valence-electron chi connectivity index (χ1n) is 9.48. The van der Waals surface area contributed by atoms with E-state index in [2.05, 4.69) is 5.16 Å². The number of halogens is 2. The van der Waals surface area contributed by atoms with E-state index in [1.54, 1.807) is 11.0 Å². The molecule has 0 aliphatic heterocycles. The molecule has 0 unspecified atom stereocenters. The van der Waals surface area contributed by atoms with Crippen LogP contribution in [-0.2, 0) is 0 Å². The van der Waals surface area contributed by atoms with E-state index in [4.69, 9.17) is 21.1 Å². The molecule has 0 spiro atoms. The Kier molecular flexibility index (Phi) is 7.33. The molecule has 0 saturated heterocycles. The van der Waals surface area contributed by atoms with Gasteiger partial charge < -0.3 is 9.42 Å². The number of nitrogens with zero attached hydrogens (tertiary/aromatic N) is 4. The molecule has 0 saturated carbocycles. The summed E-state index contributed by atoms with van der Waals surface area (Å²) in [5.41, 5.74) is 2.95. The number of hydrogen-bond donors (Lipinski definition) is 0. The Morgan fingerprint density at radius 2 is 1.87 bits per heavy atom. The van der Waals surface area contributed by atoms with E-state index in [1.165, 1.54) is 11.3 Å². The summed E-state index contributed by atoms with van der Waals surface area (Å²) in [6, 6.07) is 15.0. The van der Waals surface area contributed by atoms with Gasteiger partial charge in [0.05, 0.1) is 10.2 Å². The zero-order chi connectivity index (χ0) is 21.3. The van der Waals surface area contributed by atoms with Crippen LogP contribution in [0, 0.1) is 6.92 Å². The number of carbonyl (C=O) groups is 1. The molecule has 0 aliphatic rings. The zero-order valence-corrected chi connectivity index (χ0v) is 19.7. The third-order valence-electron chi connectivity index (χ3n) is 4.67. The topological polar surface area (TPSA) is 62.5 Å². The van der Waals surface area contributed by atoms with Gasteiger partial charge in [0.2, 0.25) is 0 Å². The van der Waals surface area contributed by atoms with Crippen LogP contribution in [0.1, 0.15) is 16.1 Å². The lowest BCUT2D eigenvalue weighted by Crippen LogP contribution is -2.36. The summed E-state index contributed by atoms with van der Waals surface area (Å²) in [5.74, 6) is 0.309. The number of anilines is 1. The number of likely N-dealkylation sites (N-methyl/N-ethyl adjacent to an activating group) is 1. The highest BCUT2D eigenvalue weighted by atomic mass is 35.5. The van der Waals surface area contributed by atoms with E-state index in [9.17, 15) is 4.79 Å². The first-order valence-corrected chi connectivity index (χ1v) is 10.7. The standard InChI is InChI=1S/C22H21ClN4O2S.ClH/c1-14-11-16(23)12-19-20(14)24-22(30-19)27(10-9-26(2)3)21(28)17-13-18(29-25-17)15-7-5-4-6-8-15;/h4-8,11-13H,9-10H2,1-3H3;1H. The van der Waals surface area contributed by atoms with Gasteiger partial charge in [-0.3, -0.25) is 9.69 Å². The summed E-state index contributed by atoms with van der Waals surface area (Å²) in [5, 5.41) is 5.30. The monoisotopic (exact) mass is 476 g/mol. The molecule has 4 rings (SSSR count). The number of rotatable bonds is 6. The third kappa shape index (κ3) is 5.07.